The largest absolute Gasteiger partial charge is 0.469 e. The molecule has 2 aromatic rings. The van der Waals surface area contributed by atoms with Gasteiger partial charge in [0.25, 0.3) is 0 Å². The SMILES string of the molecule is COC(=O)CC[C@@H]1N=C(c2ccccn2)c2cc(F)c(C)cc2CC1=O. The number of nitrogens with zero attached hydrogens (tertiary/aromatic N) is 2. The maximum absolute atomic E-state index is 14.2. The molecule has 1 aromatic carbocycles. The number of esters is 1. The Morgan fingerprint density at radius 3 is 2.85 bits per heavy atom. The van der Waals surface area contributed by atoms with E-state index in [4.69, 9.17) is 0 Å². The molecule has 26 heavy (non-hydrogen) atoms. The highest BCUT2D eigenvalue weighted by molar-refractivity contribution is 6.15. The Balaban J connectivity index is 2.09. The number of aromatic nitrogens is 1. The third-order valence-electron chi connectivity index (χ3n) is 4.42. The third-order valence-corrected chi connectivity index (χ3v) is 4.42. The first-order valence-corrected chi connectivity index (χ1v) is 8.37. The molecule has 0 unspecified atom stereocenters. The van der Waals surface area contributed by atoms with Crippen LogP contribution < -0.4 is 0 Å². The van der Waals surface area contributed by atoms with Gasteiger partial charge in [-0.25, -0.2) is 4.39 Å². The van der Waals surface area contributed by atoms with Crippen LogP contribution in [0.5, 0.6) is 0 Å². The number of methoxy groups -OCH3 is 1. The van der Waals surface area contributed by atoms with E-state index in [0.717, 1.165) is 5.56 Å². The standard InChI is InChI=1S/C20H19FN2O3/c1-12-9-13-10-18(24)16(6-7-19(25)26-2)23-20(14(13)11-15(12)21)17-5-3-4-8-22-17/h3-5,8-9,11,16H,6-7,10H2,1-2H3/t16-/m0/s1. The fraction of sp³-hybridized carbons (Fsp3) is 0.300. The van der Waals surface area contributed by atoms with Gasteiger partial charge in [-0.3, -0.25) is 19.6 Å². The third kappa shape index (κ3) is 3.69. The molecule has 6 heteroatoms. The van der Waals surface area contributed by atoms with E-state index in [0.29, 0.717) is 22.5 Å². The summed E-state index contributed by atoms with van der Waals surface area (Å²) in [6.45, 7) is 1.66. The normalized spacial score (nSPS) is 16.5. The molecular weight excluding hydrogens is 335 g/mol. The molecule has 0 saturated carbocycles. The molecule has 134 valence electrons. The summed E-state index contributed by atoms with van der Waals surface area (Å²) in [6.07, 6.45) is 2.10. The molecule has 1 aromatic heterocycles. The van der Waals surface area contributed by atoms with Crippen molar-refractivity contribution < 1.29 is 18.7 Å². The van der Waals surface area contributed by atoms with Crippen molar-refractivity contribution in [3.63, 3.8) is 0 Å². The van der Waals surface area contributed by atoms with Crippen LogP contribution in [0.2, 0.25) is 0 Å². The number of rotatable bonds is 4. The molecule has 0 N–H and O–H groups in total. The van der Waals surface area contributed by atoms with Gasteiger partial charge in [0.1, 0.15) is 11.9 Å². The summed E-state index contributed by atoms with van der Waals surface area (Å²) in [5.41, 5.74) is 2.81. The van der Waals surface area contributed by atoms with Gasteiger partial charge in [-0.1, -0.05) is 12.1 Å². The molecule has 0 fully saturated rings. The van der Waals surface area contributed by atoms with Gasteiger partial charge in [0.2, 0.25) is 0 Å². The van der Waals surface area contributed by atoms with Gasteiger partial charge >= 0.3 is 5.97 Å². The molecule has 5 nitrogen and oxygen atoms in total. The van der Waals surface area contributed by atoms with Crippen LogP contribution in [0.1, 0.15) is 35.2 Å². The summed E-state index contributed by atoms with van der Waals surface area (Å²) in [5.74, 6) is -0.851. The first-order chi connectivity index (χ1) is 12.5. The number of Topliss-reactive ketones (excluding diaryl/α,β-unsaturated/α-hetero) is 1. The van der Waals surface area contributed by atoms with Crippen LogP contribution in [0.3, 0.4) is 0 Å². The van der Waals surface area contributed by atoms with Crippen LogP contribution in [0.4, 0.5) is 4.39 Å². The second-order valence-corrected chi connectivity index (χ2v) is 6.22. The van der Waals surface area contributed by atoms with Crippen molar-refractivity contribution in [3.8, 4) is 0 Å². The van der Waals surface area contributed by atoms with Gasteiger partial charge in [-0.2, -0.15) is 0 Å². The van der Waals surface area contributed by atoms with E-state index in [9.17, 15) is 14.0 Å². The average molecular weight is 354 g/mol. The van der Waals surface area contributed by atoms with Gasteiger partial charge in [0.15, 0.2) is 5.78 Å². The Kier molecular flexibility index (Phi) is 5.21. The highest BCUT2D eigenvalue weighted by Gasteiger charge is 2.27. The predicted octanol–water partition coefficient (Wildman–Crippen LogP) is 2.81. The fourth-order valence-electron chi connectivity index (χ4n) is 3.00. The highest BCUT2D eigenvalue weighted by Crippen LogP contribution is 2.25. The molecule has 0 radical (unpaired) electrons. The fourth-order valence-corrected chi connectivity index (χ4v) is 3.00. The van der Waals surface area contributed by atoms with Crippen molar-refractivity contribution in [3.05, 3.63) is 64.7 Å². The van der Waals surface area contributed by atoms with Crippen LogP contribution in [-0.2, 0) is 20.7 Å². The number of hydrogen-bond acceptors (Lipinski definition) is 5. The number of aliphatic imine (C=N–C) groups is 1. The monoisotopic (exact) mass is 354 g/mol. The van der Waals surface area contributed by atoms with Crippen molar-refractivity contribution in [2.75, 3.05) is 7.11 Å². The van der Waals surface area contributed by atoms with Gasteiger partial charge in [0, 0.05) is 24.6 Å². The number of halogens is 1. The van der Waals surface area contributed by atoms with Crippen LogP contribution in [-0.4, -0.2) is 35.6 Å². The minimum atomic E-state index is -0.693. The minimum Gasteiger partial charge on any atom is -0.469 e. The van der Waals surface area contributed by atoms with Gasteiger partial charge < -0.3 is 4.74 Å². The second-order valence-electron chi connectivity index (χ2n) is 6.22. The second kappa shape index (κ2) is 7.56. The lowest BCUT2D eigenvalue weighted by molar-refractivity contribution is -0.140. The van der Waals surface area contributed by atoms with E-state index in [1.165, 1.54) is 13.2 Å². The molecule has 1 aliphatic heterocycles. The van der Waals surface area contributed by atoms with E-state index in [1.54, 1.807) is 31.3 Å². The molecular formula is C20H19FN2O3. The Bertz CT molecular complexity index is 878. The van der Waals surface area contributed by atoms with Crippen molar-refractivity contribution in [2.24, 2.45) is 4.99 Å². The summed E-state index contributed by atoms with van der Waals surface area (Å²) in [5, 5.41) is 0. The lowest BCUT2D eigenvalue weighted by atomic mass is 9.95. The zero-order chi connectivity index (χ0) is 18.7. The molecule has 0 bridgehead atoms. The minimum absolute atomic E-state index is 0.0929. The van der Waals surface area contributed by atoms with E-state index < -0.39 is 12.0 Å². The van der Waals surface area contributed by atoms with Crippen molar-refractivity contribution in [2.45, 2.75) is 32.2 Å². The molecule has 1 atom stereocenters. The summed E-state index contributed by atoms with van der Waals surface area (Å²) in [7, 11) is 1.31. The first-order valence-electron chi connectivity index (χ1n) is 8.37. The highest BCUT2D eigenvalue weighted by atomic mass is 19.1. The zero-order valence-electron chi connectivity index (χ0n) is 14.7. The van der Waals surface area contributed by atoms with E-state index in [2.05, 4.69) is 14.7 Å². The molecule has 0 aliphatic carbocycles. The van der Waals surface area contributed by atoms with Crippen LogP contribution in [0.15, 0.2) is 41.5 Å². The number of ketones is 1. The number of ether oxygens (including phenoxy) is 1. The molecule has 3 rings (SSSR count). The molecule has 1 aliphatic rings. The lowest BCUT2D eigenvalue weighted by Crippen LogP contribution is -2.21. The number of pyridine rings is 1. The maximum Gasteiger partial charge on any atom is 0.305 e. The molecule has 2 heterocycles. The van der Waals surface area contributed by atoms with Crippen molar-refractivity contribution >= 4 is 17.5 Å². The predicted molar refractivity (Wildman–Crippen MR) is 94.8 cm³/mol. The van der Waals surface area contributed by atoms with Crippen LogP contribution in [0.25, 0.3) is 0 Å². The summed E-state index contributed by atoms with van der Waals surface area (Å²) < 4.78 is 18.9. The molecule has 0 saturated heterocycles. The van der Waals surface area contributed by atoms with Gasteiger partial charge in [-0.05, 0) is 42.7 Å². The molecule has 0 amide bonds. The van der Waals surface area contributed by atoms with Gasteiger partial charge in [-0.15, -0.1) is 0 Å². The smallest absolute Gasteiger partial charge is 0.305 e. The Morgan fingerprint density at radius 1 is 1.35 bits per heavy atom. The number of hydrogen-bond donors (Lipinski definition) is 0. The van der Waals surface area contributed by atoms with Gasteiger partial charge in [0.05, 0.1) is 18.5 Å². The summed E-state index contributed by atoms with van der Waals surface area (Å²) in [4.78, 5) is 33.0. The number of aryl methyl sites for hydroxylation is 1. The topological polar surface area (TPSA) is 68.6 Å². The van der Waals surface area contributed by atoms with E-state index in [-0.39, 0.29) is 30.9 Å². The Morgan fingerprint density at radius 2 is 2.15 bits per heavy atom. The first kappa shape index (κ1) is 17.9. The van der Waals surface area contributed by atoms with Crippen LogP contribution in [0, 0.1) is 12.7 Å². The summed E-state index contributed by atoms with van der Waals surface area (Å²) in [6, 6.07) is 7.76. The number of carbonyl (C=O) groups excluding carboxylic acids is 2. The quantitative estimate of drug-likeness (QED) is 0.792. The zero-order valence-corrected chi connectivity index (χ0v) is 14.7. The number of carbonyl (C=O) groups is 2. The Labute approximate surface area is 150 Å². The lowest BCUT2D eigenvalue weighted by Gasteiger charge is -2.11. The number of fused-ring (bicyclic) bond motifs is 1. The average Bonchev–Trinajstić information content (AvgIpc) is 2.77. The Hall–Kier alpha value is -2.89. The maximum atomic E-state index is 14.2. The van der Waals surface area contributed by atoms with E-state index >= 15 is 0 Å². The van der Waals surface area contributed by atoms with Crippen LogP contribution >= 0.6 is 0 Å². The summed E-state index contributed by atoms with van der Waals surface area (Å²) >= 11 is 0. The van der Waals surface area contributed by atoms with E-state index in [1.807, 2.05) is 6.07 Å². The molecule has 0 spiro atoms. The van der Waals surface area contributed by atoms with Crippen molar-refractivity contribution in [1.29, 1.82) is 0 Å². The van der Waals surface area contributed by atoms with Crippen molar-refractivity contribution in [1.82, 2.24) is 4.98 Å². The number of benzene rings is 1.